The van der Waals surface area contributed by atoms with Gasteiger partial charge in [-0.1, -0.05) is 42.5 Å². The molecular formula is C25H23NO2. The third kappa shape index (κ3) is 2.70. The van der Waals surface area contributed by atoms with Gasteiger partial charge in [0, 0.05) is 23.2 Å². The summed E-state index contributed by atoms with van der Waals surface area (Å²) in [5.74, 6) is 1.13. The lowest BCUT2D eigenvalue weighted by atomic mass is 9.77. The number of ketones is 1. The van der Waals surface area contributed by atoms with Crippen molar-refractivity contribution in [3.05, 3.63) is 77.4 Å². The van der Waals surface area contributed by atoms with Gasteiger partial charge in [0.15, 0.2) is 5.78 Å². The average molecular weight is 369 g/mol. The number of fused-ring (bicyclic) bond motifs is 4. The Labute approximate surface area is 165 Å². The largest absolute Gasteiger partial charge is 0.494 e. The topological polar surface area (TPSA) is 38.3 Å². The van der Waals surface area contributed by atoms with Crippen LogP contribution in [-0.4, -0.2) is 12.4 Å². The van der Waals surface area contributed by atoms with E-state index in [1.165, 1.54) is 21.9 Å². The molecule has 0 amide bonds. The van der Waals surface area contributed by atoms with E-state index in [4.69, 9.17) is 4.74 Å². The van der Waals surface area contributed by atoms with Crippen molar-refractivity contribution in [1.82, 2.24) is 0 Å². The van der Waals surface area contributed by atoms with Crippen LogP contribution in [0.4, 0.5) is 5.69 Å². The maximum Gasteiger partial charge on any atom is 0.161 e. The molecular weight excluding hydrogens is 346 g/mol. The molecule has 0 fully saturated rings. The second kappa shape index (κ2) is 6.83. The van der Waals surface area contributed by atoms with Crippen molar-refractivity contribution >= 4 is 27.8 Å². The van der Waals surface area contributed by atoms with E-state index in [2.05, 4.69) is 53.8 Å². The van der Waals surface area contributed by atoms with Gasteiger partial charge in [0.2, 0.25) is 0 Å². The normalized spacial score (nSPS) is 18.5. The Hall–Kier alpha value is -3.07. The number of rotatable bonds is 3. The first kappa shape index (κ1) is 17.1. The number of ether oxygens (including phenoxy) is 1. The monoisotopic (exact) mass is 369 g/mol. The number of Topliss-reactive ketones (excluding diaryl/α,β-unsaturated/α-hetero) is 1. The van der Waals surface area contributed by atoms with Crippen LogP contribution in [-0.2, 0) is 4.79 Å². The summed E-state index contributed by atoms with van der Waals surface area (Å²) in [6, 6.07) is 20.8. The molecule has 0 saturated heterocycles. The number of allylic oxidation sites excluding steroid dienone is 1. The lowest BCUT2D eigenvalue weighted by molar-refractivity contribution is -0.116. The summed E-state index contributed by atoms with van der Waals surface area (Å²) in [5.41, 5.74) is 5.60. The van der Waals surface area contributed by atoms with E-state index in [0.717, 1.165) is 35.4 Å². The quantitative estimate of drug-likeness (QED) is 0.623. The average Bonchev–Trinajstić information content (AvgIpc) is 2.74. The smallest absolute Gasteiger partial charge is 0.161 e. The highest BCUT2D eigenvalue weighted by Crippen LogP contribution is 2.47. The molecule has 1 atom stereocenters. The predicted molar refractivity (Wildman–Crippen MR) is 114 cm³/mol. The number of anilines is 1. The predicted octanol–water partition coefficient (Wildman–Crippen LogP) is 5.91. The highest BCUT2D eigenvalue weighted by atomic mass is 16.5. The van der Waals surface area contributed by atoms with Crippen LogP contribution in [0.5, 0.6) is 5.75 Å². The third-order valence-electron chi connectivity index (χ3n) is 5.80. The summed E-state index contributed by atoms with van der Waals surface area (Å²) in [6.45, 7) is 2.63. The number of hydrogen-bond acceptors (Lipinski definition) is 3. The van der Waals surface area contributed by atoms with Crippen molar-refractivity contribution in [2.24, 2.45) is 0 Å². The van der Waals surface area contributed by atoms with Crippen molar-refractivity contribution in [2.45, 2.75) is 32.2 Å². The molecule has 0 spiro atoms. The molecule has 1 aliphatic heterocycles. The number of benzene rings is 3. The lowest BCUT2D eigenvalue weighted by Crippen LogP contribution is -2.27. The zero-order valence-corrected chi connectivity index (χ0v) is 16.0. The minimum Gasteiger partial charge on any atom is -0.494 e. The fourth-order valence-corrected chi connectivity index (χ4v) is 4.58. The van der Waals surface area contributed by atoms with Gasteiger partial charge in [-0.2, -0.15) is 0 Å². The first-order chi connectivity index (χ1) is 13.8. The molecule has 1 N–H and O–H groups in total. The molecule has 5 rings (SSSR count). The highest BCUT2D eigenvalue weighted by molar-refractivity contribution is 6.12. The van der Waals surface area contributed by atoms with Crippen molar-refractivity contribution in [3.63, 3.8) is 0 Å². The molecule has 28 heavy (non-hydrogen) atoms. The molecule has 3 aromatic carbocycles. The maximum absolute atomic E-state index is 13.0. The summed E-state index contributed by atoms with van der Waals surface area (Å²) >= 11 is 0. The molecule has 3 heteroatoms. The standard InChI is InChI=1S/C25H23NO2/c1-2-28-18-13-10-17(11-14-18)25-24-20(8-5-9-22(24)27)23-19-7-4-3-6-16(19)12-15-21(23)26-25/h3-4,6-7,10-15,25-26H,2,5,8-9H2,1H3. The fraction of sp³-hybridized carbons (Fsp3) is 0.240. The zero-order valence-electron chi connectivity index (χ0n) is 16.0. The first-order valence-electron chi connectivity index (χ1n) is 10.0. The van der Waals surface area contributed by atoms with Crippen LogP contribution in [0.3, 0.4) is 0 Å². The second-order valence-electron chi connectivity index (χ2n) is 7.46. The molecule has 140 valence electrons. The van der Waals surface area contributed by atoms with Gasteiger partial charge in [-0.05, 0) is 59.9 Å². The molecule has 0 saturated carbocycles. The Kier molecular flexibility index (Phi) is 4.16. The molecule has 3 nitrogen and oxygen atoms in total. The van der Waals surface area contributed by atoms with Crippen LogP contribution in [0.25, 0.3) is 16.3 Å². The summed E-state index contributed by atoms with van der Waals surface area (Å²) in [6.07, 6.45) is 2.52. The van der Waals surface area contributed by atoms with Gasteiger partial charge in [-0.15, -0.1) is 0 Å². The molecule has 1 unspecified atom stereocenters. The fourth-order valence-electron chi connectivity index (χ4n) is 4.58. The second-order valence-corrected chi connectivity index (χ2v) is 7.46. The van der Waals surface area contributed by atoms with Crippen LogP contribution in [0.1, 0.15) is 43.4 Å². The number of nitrogens with one attached hydrogen (secondary N) is 1. The third-order valence-corrected chi connectivity index (χ3v) is 5.80. The van der Waals surface area contributed by atoms with E-state index >= 15 is 0 Å². The van der Waals surface area contributed by atoms with E-state index in [-0.39, 0.29) is 11.8 Å². The van der Waals surface area contributed by atoms with E-state index in [1.54, 1.807) is 0 Å². The minimum absolute atomic E-state index is 0.105. The van der Waals surface area contributed by atoms with E-state index in [9.17, 15) is 4.79 Å². The Bertz CT molecular complexity index is 1100. The minimum atomic E-state index is -0.105. The maximum atomic E-state index is 13.0. The van der Waals surface area contributed by atoms with Crippen LogP contribution in [0.15, 0.2) is 66.2 Å². The van der Waals surface area contributed by atoms with Gasteiger partial charge in [-0.3, -0.25) is 4.79 Å². The van der Waals surface area contributed by atoms with Crippen molar-refractivity contribution in [3.8, 4) is 5.75 Å². The van der Waals surface area contributed by atoms with E-state index in [1.807, 2.05) is 19.1 Å². The molecule has 0 bridgehead atoms. The lowest BCUT2D eigenvalue weighted by Gasteiger charge is -2.35. The van der Waals surface area contributed by atoms with E-state index in [0.29, 0.717) is 13.0 Å². The molecule has 2 aliphatic rings. The summed E-state index contributed by atoms with van der Waals surface area (Å²) in [7, 11) is 0. The van der Waals surface area contributed by atoms with Crippen molar-refractivity contribution in [1.29, 1.82) is 0 Å². The molecule has 1 heterocycles. The Morgan fingerprint density at radius 1 is 1.00 bits per heavy atom. The SMILES string of the molecule is CCOc1ccc(C2Nc3ccc4ccccc4c3C3=C2C(=O)CCC3)cc1. The molecule has 0 aromatic heterocycles. The molecule has 1 aliphatic carbocycles. The van der Waals surface area contributed by atoms with Crippen molar-refractivity contribution < 1.29 is 9.53 Å². The Morgan fingerprint density at radius 3 is 2.64 bits per heavy atom. The number of carbonyl (C=O) groups excluding carboxylic acids is 1. The van der Waals surface area contributed by atoms with Crippen LogP contribution >= 0.6 is 0 Å². The summed E-state index contributed by atoms with van der Waals surface area (Å²) < 4.78 is 5.58. The highest BCUT2D eigenvalue weighted by Gasteiger charge is 2.34. The van der Waals surface area contributed by atoms with Crippen LogP contribution in [0, 0.1) is 0 Å². The Balaban J connectivity index is 1.68. The van der Waals surface area contributed by atoms with Gasteiger partial charge in [-0.25, -0.2) is 0 Å². The Morgan fingerprint density at radius 2 is 1.82 bits per heavy atom. The van der Waals surface area contributed by atoms with Gasteiger partial charge >= 0.3 is 0 Å². The van der Waals surface area contributed by atoms with Gasteiger partial charge in [0.1, 0.15) is 5.75 Å². The first-order valence-corrected chi connectivity index (χ1v) is 10.0. The van der Waals surface area contributed by atoms with Crippen LogP contribution < -0.4 is 10.1 Å². The number of carbonyl (C=O) groups is 1. The van der Waals surface area contributed by atoms with Gasteiger partial charge in [0.05, 0.1) is 12.6 Å². The molecule has 3 aromatic rings. The van der Waals surface area contributed by atoms with Gasteiger partial charge < -0.3 is 10.1 Å². The van der Waals surface area contributed by atoms with Gasteiger partial charge in [0.25, 0.3) is 0 Å². The summed E-state index contributed by atoms with van der Waals surface area (Å²) in [5, 5.41) is 6.10. The van der Waals surface area contributed by atoms with E-state index < -0.39 is 0 Å². The zero-order chi connectivity index (χ0) is 19.1. The molecule has 0 radical (unpaired) electrons. The van der Waals surface area contributed by atoms with Crippen LogP contribution in [0.2, 0.25) is 0 Å². The summed E-state index contributed by atoms with van der Waals surface area (Å²) in [4.78, 5) is 13.0. The van der Waals surface area contributed by atoms with Crippen molar-refractivity contribution in [2.75, 3.05) is 11.9 Å². The number of hydrogen-bond donors (Lipinski definition) is 1.